The van der Waals surface area contributed by atoms with Gasteiger partial charge < -0.3 is 9.88 Å². The summed E-state index contributed by atoms with van der Waals surface area (Å²) in [7, 11) is 0. The highest BCUT2D eigenvalue weighted by Gasteiger charge is 2.31. The van der Waals surface area contributed by atoms with E-state index >= 15 is 0 Å². The summed E-state index contributed by atoms with van der Waals surface area (Å²) in [6.45, 7) is 3.33. The third kappa shape index (κ3) is 3.43. The molecule has 26 heavy (non-hydrogen) atoms. The van der Waals surface area contributed by atoms with Gasteiger partial charge in [0.15, 0.2) is 0 Å². The minimum absolute atomic E-state index is 0.0909. The maximum absolute atomic E-state index is 13.0. The second kappa shape index (κ2) is 7.06. The van der Waals surface area contributed by atoms with E-state index in [0.717, 1.165) is 50.9 Å². The summed E-state index contributed by atoms with van der Waals surface area (Å²) in [5.74, 6) is 1.34. The van der Waals surface area contributed by atoms with Crippen LogP contribution in [0.25, 0.3) is 0 Å². The van der Waals surface area contributed by atoms with E-state index in [0.29, 0.717) is 11.7 Å². The lowest BCUT2D eigenvalue weighted by Gasteiger charge is -2.35. The van der Waals surface area contributed by atoms with E-state index in [1.54, 1.807) is 6.07 Å². The first kappa shape index (κ1) is 17.0. The molecule has 1 fully saturated rings. The zero-order valence-corrected chi connectivity index (χ0v) is 15.2. The molecule has 0 bridgehead atoms. The van der Waals surface area contributed by atoms with Gasteiger partial charge in [0.1, 0.15) is 5.82 Å². The summed E-state index contributed by atoms with van der Waals surface area (Å²) in [6, 6.07) is 10.1. The number of fused-ring (bicyclic) bond motifs is 1. The molecule has 0 spiro atoms. The number of piperidine rings is 1. The predicted molar refractivity (Wildman–Crippen MR) is 100 cm³/mol. The molecule has 2 aromatic rings. The standard InChI is InChI=1S/C21H25N3O2/c1-14-22-19(13-20(25)23-14)16-8-10-24(11-9-16)21(26)18-7-6-15-4-2-3-5-17(15)12-18/h2-5,13,16,18H,6-12H2,1H3,(H,22,23,25)/t18-/m0/s1. The number of rotatable bonds is 2. The van der Waals surface area contributed by atoms with Crippen molar-refractivity contribution >= 4 is 5.91 Å². The molecular formula is C21H25N3O2. The summed E-state index contributed by atoms with van der Waals surface area (Å²) < 4.78 is 0. The van der Waals surface area contributed by atoms with Crippen molar-refractivity contribution in [1.29, 1.82) is 0 Å². The molecule has 2 heterocycles. The van der Waals surface area contributed by atoms with Crippen LogP contribution in [0.15, 0.2) is 35.1 Å². The van der Waals surface area contributed by atoms with Gasteiger partial charge in [0.2, 0.25) is 5.91 Å². The Balaban J connectivity index is 1.39. The molecule has 1 saturated heterocycles. The Morgan fingerprint density at radius 3 is 2.62 bits per heavy atom. The second-order valence-electron chi connectivity index (χ2n) is 7.56. The van der Waals surface area contributed by atoms with Gasteiger partial charge in [-0.2, -0.15) is 0 Å². The number of nitrogens with zero attached hydrogens (tertiary/aromatic N) is 2. The Kier molecular flexibility index (Phi) is 4.62. The van der Waals surface area contributed by atoms with Crippen LogP contribution in [0.1, 0.15) is 47.8 Å². The molecule has 5 heteroatoms. The first-order valence-electron chi connectivity index (χ1n) is 9.53. The summed E-state index contributed by atoms with van der Waals surface area (Å²) >= 11 is 0. The number of hydrogen-bond acceptors (Lipinski definition) is 3. The number of aromatic amines is 1. The van der Waals surface area contributed by atoms with E-state index in [9.17, 15) is 9.59 Å². The molecule has 1 atom stereocenters. The fourth-order valence-electron chi connectivity index (χ4n) is 4.37. The van der Waals surface area contributed by atoms with Gasteiger partial charge in [0, 0.05) is 31.0 Å². The maximum atomic E-state index is 13.0. The van der Waals surface area contributed by atoms with E-state index in [1.165, 1.54) is 11.1 Å². The maximum Gasteiger partial charge on any atom is 0.251 e. The van der Waals surface area contributed by atoms with Crippen LogP contribution in [0.4, 0.5) is 0 Å². The Morgan fingerprint density at radius 2 is 1.88 bits per heavy atom. The van der Waals surface area contributed by atoms with E-state index in [4.69, 9.17) is 0 Å². The lowest BCUT2D eigenvalue weighted by Crippen LogP contribution is -2.43. The highest BCUT2D eigenvalue weighted by molar-refractivity contribution is 5.79. The van der Waals surface area contributed by atoms with E-state index in [2.05, 4.69) is 34.2 Å². The van der Waals surface area contributed by atoms with Crippen molar-refractivity contribution in [2.75, 3.05) is 13.1 Å². The lowest BCUT2D eigenvalue weighted by molar-refractivity contribution is -0.137. The lowest BCUT2D eigenvalue weighted by atomic mass is 9.82. The number of aryl methyl sites for hydroxylation is 2. The van der Waals surface area contributed by atoms with Crippen LogP contribution in [-0.4, -0.2) is 33.9 Å². The van der Waals surface area contributed by atoms with Gasteiger partial charge in [-0.25, -0.2) is 4.98 Å². The third-order valence-electron chi connectivity index (χ3n) is 5.80. The number of H-pyrrole nitrogens is 1. The molecule has 0 radical (unpaired) electrons. The van der Waals surface area contributed by atoms with Crippen molar-refractivity contribution in [2.24, 2.45) is 5.92 Å². The zero-order chi connectivity index (χ0) is 18.1. The smallest absolute Gasteiger partial charge is 0.251 e. The number of carbonyl (C=O) groups is 1. The Hall–Kier alpha value is -2.43. The van der Waals surface area contributed by atoms with E-state index < -0.39 is 0 Å². The third-order valence-corrected chi connectivity index (χ3v) is 5.80. The van der Waals surface area contributed by atoms with Gasteiger partial charge in [0.25, 0.3) is 5.56 Å². The molecule has 1 aromatic carbocycles. The second-order valence-corrected chi connectivity index (χ2v) is 7.56. The molecule has 5 nitrogen and oxygen atoms in total. The molecule has 0 unspecified atom stereocenters. The van der Waals surface area contributed by atoms with E-state index in [1.807, 2.05) is 11.8 Å². The minimum Gasteiger partial charge on any atom is -0.342 e. The largest absolute Gasteiger partial charge is 0.342 e. The highest BCUT2D eigenvalue weighted by Crippen LogP contribution is 2.30. The van der Waals surface area contributed by atoms with Crippen molar-refractivity contribution in [1.82, 2.24) is 14.9 Å². The summed E-state index contributed by atoms with van der Waals surface area (Å²) in [4.78, 5) is 33.8. The molecule has 1 aliphatic carbocycles. The first-order valence-corrected chi connectivity index (χ1v) is 9.53. The van der Waals surface area contributed by atoms with Crippen LogP contribution in [0, 0.1) is 12.8 Å². The minimum atomic E-state index is -0.0909. The van der Waals surface area contributed by atoms with Gasteiger partial charge in [-0.05, 0) is 50.2 Å². The monoisotopic (exact) mass is 351 g/mol. The molecule has 1 N–H and O–H groups in total. The quantitative estimate of drug-likeness (QED) is 0.904. The number of hydrogen-bond donors (Lipinski definition) is 1. The number of benzene rings is 1. The molecular weight excluding hydrogens is 326 g/mol. The van der Waals surface area contributed by atoms with Crippen molar-refractivity contribution in [3.63, 3.8) is 0 Å². The average molecular weight is 351 g/mol. The number of carbonyl (C=O) groups excluding carboxylic acids is 1. The fourth-order valence-corrected chi connectivity index (χ4v) is 4.37. The number of nitrogens with one attached hydrogen (secondary N) is 1. The molecule has 1 aliphatic heterocycles. The van der Waals surface area contributed by atoms with Crippen LogP contribution in [0.3, 0.4) is 0 Å². The van der Waals surface area contributed by atoms with E-state index in [-0.39, 0.29) is 17.4 Å². The van der Waals surface area contributed by atoms with Crippen LogP contribution in [-0.2, 0) is 17.6 Å². The molecule has 2 aliphatic rings. The molecule has 1 aromatic heterocycles. The average Bonchev–Trinajstić information content (AvgIpc) is 2.66. The molecule has 1 amide bonds. The number of amides is 1. The van der Waals surface area contributed by atoms with Gasteiger partial charge in [-0.1, -0.05) is 24.3 Å². The topological polar surface area (TPSA) is 66.1 Å². The van der Waals surface area contributed by atoms with Gasteiger partial charge in [-0.3, -0.25) is 9.59 Å². The Bertz CT molecular complexity index is 866. The van der Waals surface area contributed by atoms with Crippen molar-refractivity contribution < 1.29 is 4.79 Å². The summed E-state index contributed by atoms with van der Waals surface area (Å²) in [5, 5.41) is 0. The number of aromatic nitrogens is 2. The molecule has 136 valence electrons. The summed E-state index contributed by atoms with van der Waals surface area (Å²) in [5.41, 5.74) is 3.50. The summed E-state index contributed by atoms with van der Waals surface area (Å²) in [6.07, 6.45) is 4.57. The van der Waals surface area contributed by atoms with Crippen molar-refractivity contribution in [3.05, 3.63) is 63.3 Å². The number of likely N-dealkylation sites (tertiary alicyclic amines) is 1. The first-order chi connectivity index (χ1) is 12.6. The van der Waals surface area contributed by atoms with Crippen LogP contribution < -0.4 is 5.56 Å². The normalized spacial score (nSPS) is 20.7. The Labute approximate surface area is 153 Å². The highest BCUT2D eigenvalue weighted by atomic mass is 16.2. The Morgan fingerprint density at radius 1 is 1.15 bits per heavy atom. The van der Waals surface area contributed by atoms with Crippen LogP contribution in [0.5, 0.6) is 0 Å². The van der Waals surface area contributed by atoms with Crippen molar-refractivity contribution in [2.45, 2.75) is 44.9 Å². The molecule has 0 saturated carbocycles. The predicted octanol–water partition coefficient (Wildman–Crippen LogP) is 2.59. The van der Waals surface area contributed by atoms with Crippen molar-refractivity contribution in [3.8, 4) is 0 Å². The van der Waals surface area contributed by atoms with Gasteiger partial charge in [-0.15, -0.1) is 0 Å². The van der Waals surface area contributed by atoms with Gasteiger partial charge >= 0.3 is 0 Å². The SMILES string of the molecule is Cc1nc(C2CCN(C(=O)[C@H]3CCc4ccccc4C3)CC2)cc(=O)[nH]1. The zero-order valence-electron chi connectivity index (χ0n) is 15.2. The van der Waals surface area contributed by atoms with Gasteiger partial charge in [0.05, 0.1) is 5.69 Å². The van der Waals surface area contributed by atoms with Crippen LogP contribution >= 0.6 is 0 Å². The molecule has 4 rings (SSSR count). The van der Waals surface area contributed by atoms with Crippen LogP contribution in [0.2, 0.25) is 0 Å². The fraction of sp³-hybridized carbons (Fsp3) is 0.476.